The Hall–Kier alpha value is -1.34. The van der Waals surface area contributed by atoms with E-state index in [9.17, 15) is 0 Å². The molecule has 114 valence electrons. The maximum atomic E-state index is 6.38. The molecule has 0 saturated heterocycles. The molecule has 0 unspecified atom stereocenters. The fourth-order valence-corrected chi connectivity index (χ4v) is 3.06. The van der Waals surface area contributed by atoms with E-state index < -0.39 is 0 Å². The summed E-state index contributed by atoms with van der Waals surface area (Å²) in [5.74, 6) is 0. The number of ether oxygens (including phenoxy) is 1. The Bertz CT molecular complexity index is 484. The molecule has 0 aliphatic carbocycles. The van der Waals surface area contributed by atoms with Crippen LogP contribution in [0.3, 0.4) is 0 Å². The van der Waals surface area contributed by atoms with Crippen LogP contribution in [0.25, 0.3) is 0 Å². The summed E-state index contributed by atoms with van der Waals surface area (Å²) in [5, 5.41) is 0. The highest BCUT2D eigenvalue weighted by Gasteiger charge is 2.26. The van der Waals surface area contributed by atoms with Gasteiger partial charge in [0.15, 0.2) is 0 Å². The van der Waals surface area contributed by atoms with Crippen LogP contribution in [0.15, 0.2) is 53.6 Å². The van der Waals surface area contributed by atoms with Crippen LogP contribution in [-0.2, 0) is 4.74 Å². The van der Waals surface area contributed by atoms with Gasteiger partial charge < -0.3 is 4.74 Å². The molecule has 1 aliphatic heterocycles. The van der Waals surface area contributed by atoms with Gasteiger partial charge in [-0.1, -0.05) is 75.1 Å². The first-order valence-electron chi connectivity index (χ1n) is 8.31. The lowest BCUT2D eigenvalue weighted by Gasteiger charge is -2.31. The van der Waals surface area contributed by atoms with Gasteiger partial charge in [0.25, 0.3) is 0 Å². The molecule has 0 bridgehead atoms. The fourth-order valence-electron chi connectivity index (χ4n) is 3.06. The Balaban J connectivity index is 2.09. The van der Waals surface area contributed by atoms with Gasteiger partial charge in [-0.2, -0.15) is 0 Å². The maximum absolute atomic E-state index is 6.38. The highest BCUT2D eigenvalue weighted by Crippen LogP contribution is 2.37. The molecule has 1 nitrogen and oxygen atoms in total. The van der Waals surface area contributed by atoms with Gasteiger partial charge in [-0.25, -0.2) is 0 Å². The van der Waals surface area contributed by atoms with E-state index in [2.05, 4.69) is 63.3 Å². The Morgan fingerprint density at radius 1 is 1.10 bits per heavy atom. The van der Waals surface area contributed by atoms with Gasteiger partial charge in [0.05, 0.1) is 6.10 Å². The van der Waals surface area contributed by atoms with Crippen LogP contribution in [0.1, 0.15) is 64.5 Å². The van der Waals surface area contributed by atoms with E-state index in [1.165, 1.54) is 42.4 Å². The van der Waals surface area contributed by atoms with Crippen molar-refractivity contribution >= 4 is 0 Å². The van der Waals surface area contributed by atoms with Crippen molar-refractivity contribution in [2.45, 2.75) is 65.1 Å². The smallest absolute Gasteiger partial charge is 0.108 e. The molecule has 0 N–H and O–H groups in total. The summed E-state index contributed by atoms with van der Waals surface area (Å²) < 4.78 is 6.38. The lowest BCUT2D eigenvalue weighted by Crippen LogP contribution is -2.22. The van der Waals surface area contributed by atoms with Crippen molar-refractivity contribution in [1.82, 2.24) is 0 Å². The number of allylic oxidation sites excluding steroid dienone is 1. The Kier molecular flexibility index (Phi) is 6.25. The van der Waals surface area contributed by atoms with Gasteiger partial charge in [0.1, 0.15) is 6.10 Å². The largest absolute Gasteiger partial charge is 0.361 e. The standard InChI is InChI=1S/C20H28O/c1-4-6-7-11-14-18-15-16(3)19(5-2)20(21-18)17-12-9-8-10-13-17/h5,8-10,12-13,15,18,20H,4,6-7,11,14H2,1-3H3/b19-5+/t18-,20+/m0/s1. The summed E-state index contributed by atoms with van der Waals surface area (Å²) in [5.41, 5.74) is 3.95. The molecular formula is C20H28O. The van der Waals surface area contributed by atoms with Crippen molar-refractivity contribution in [3.63, 3.8) is 0 Å². The van der Waals surface area contributed by atoms with Crippen LogP contribution in [-0.4, -0.2) is 6.10 Å². The van der Waals surface area contributed by atoms with Gasteiger partial charge in [-0.3, -0.25) is 0 Å². The molecular weight excluding hydrogens is 256 g/mol. The summed E-state index contributed by atoms with van der Waals surface area (Å²) >= 11 is 0. The Labute approximate surface area is 129 Å². The van der Waals surface area contributed by atoms with Gasteiger partial charge in [-0.15, -0.1) is 0 Å². The van der Waals surface area contributed by atoms with E-state index in [4.69, 9.17) is 4.74 Å². The quantitative estimate of drug-likeness (QED) is 0.583. The van der Waals surface area contributed by atoms with Crippen LogP contribution in [0.2, 0.25) is 0 Å². The predicted octanol–water partition coefficient (Wildman–Crippen LogP) is 5.99. The fraction of sp³-hybridized carbons (Fsp3) is 0.500. The highest BCUT2D eigenvalue weighted by atomic mass is 16.5. The van der Waals surface area contributed by atoms with Gasteiger partial charge in [-0.05, 0) is 37.0 Å². The van der Waals surface area contributed by atoms with E-state index in [-0.39, 0.29) is 12.2 Å². The average Bonchev–Trinajstić information content (AvgIpc) is 2.52. The van der Waals surface area contributed by atoms with Crippen LogP contribution in [0.5, 0.6) is 0 Å². The monoisotopic (exact) mass is 284 g/mol. The third-order valence-electron chi connectivity index (χ3n) is 4.24. The lowest BCUT2D eigenvalue weighted by atomic mass is 9.91. The molecule has 1 heteroatoms. The van der Waals surface area contributed by atoms with Crippen molar-refractivity contribution in [2.24, 2.45) is 0 Å². The lowest BCUT2D eigenvalue weighted by molar-refractivity contribution is 0.0214. The minimum Gasteiger partial charge on any atom is -0.361 e. The zero-order valence-electron chi connectivity index (χ0n) is 13.6. The molecule has 0 saturated carbocycles. The maximum Gasteiger partial charge on any atom is 0.108 e. The van der Waals surface area contributed by atoms with Crippen LogP contribution < -0.4 is 0 Å². The third kappa shape index (κ3) is 4.31. The molecule has 0 fully saturated rings. The SMILES string of the molecule is C/C=C1\C(C)=C[C@H](CCCCCC)O[C@@H]1c1ccccc1. The van der Waals surface area contributed by atoms with Crippen molar-refractivity contribution in [2.75, 3.05) is 0 Å². The summed E-state index contributed by atoms with van der Waals surface area (Å²) in [6.45, 7) is 6.57. The molecule has 1 heterocycles. The van der Waals surface area contributed by atoms with Crippen LogP contribution in [0, 0.1) is 0 Å². The van der Waals surface area contributed by atoms with Crippen LogP contribution in [0.4, 0.5) is 0 Å². The molecule has 2 rings (SSSR count). The first-order chi connectivity index (χ1) is 10.3. The molecule has 0 spiro atoms. The van der Waals surface area contributed by atoms with E-state index in [0.29, 0.717) is 0 Å². The zero-order chi connectivity index (χ0) is 15.1. The van der Waals surface area contributed by atoms with Crippen molar-refractivity contribution in [3.05, 3.63) is 59.2 Å². The second-order valence-corrected chi connectivity index (χ2v) is 5.91. The number of unbranched alkanes of at least 4 members (excludes halogenated alkanes) is 3. The highest BCUT2D eigenvalue weighted by molar-refractivity contribution is 5.40. The summed E-state index contributed by atoms with van der Waals surface area (Å²) in [7, 11) is 0. The molecule has 1 aromatic rings. The summed E-state index contributed by atoms with van der Waals surface area (Å²) in [6.07, 6.45) is 11.2. The average molecular weight is 284 g/mol. The predicted molar refractivity (Wildman–Crippen MR) is 90.3 cm³/mol. The Morgan fingerprint density at radius 3 is 2.52 bits per heavy atom. The summed E-state index contributed by atoms with van der Waals surface area (Å²) in [6, 6.07) is 10.6. The van der Waals surface area contributed by atoms with E-state index >= 15 is 0 Å². The number of benzene rings is 1. The molecule has 2 atom stereocenters. The van der Waals surface area contributed by atoms with Gasteiger partial charge in [0.2, 0.25) is 0 Å². The molecule has 0 radical (unpaired) electrons. The normalized spacial score (nSPS) is 24.1. The Morgan fingerprint density at radius 2 is 1.86 bits per heavy atom. The van der Waals surface area contributed by atoms with Crippen molar-refractivity contribution < 1.29 is 4.74 Å². The van der Waals surface area contributed by atoms with Crippen molar-refractivity contribution in [1.29, 1.82) is 0 Å². The van der Waals surface area contributed by atoms with E-state index in [1.54, 1.807) is 0 Å². The van der Waals surface area contributed by atoms with E-state index in [1.807, 2.05) is 0 Å². The number of hydrogen-bond donors (Lipinski definition) is 0. The van der Waals surface area contributed by atoms with Crippen molar-refractivity contribution in [3.8, 4) is 0 Å². The molecule has 21 heavy (non-hydrogen) atoms. The number of rotatable bonds is 6. The summed E-state index contributed by atoms with van der Waals surface area (Å²) in [4.78, 5) is 0. The second-order valence-electron chi connectivity index (χ2n) is 5.91. The number of hydrogen-bond acceptors (Lipinski definition) is 1. The first kappa shape index (κ1) is 16.0. The first-order valence-corrected chi connectivity index (χ1v) is 8.31. The molecule has 0 amide bonds. The van der Waals surface area contributed by atoms with Gasteiger partial charge >= 0.3 is 0 Å². The minimum atomic E-state index is 0.0948. The minimum absolute atomic E-state index is 0.0948. The molecule has 1 aliphatic rings. The molecule has 0 aromatic heterocycles. The zero-order valence-corrected chi connectivity index (χ0v) is 13.6. The topological polar surface area (TPSA) is 9.23 Å². The third-order valence-corrected chi connectivity index (χ3v) is 4.24. The van der Waals surface area contributed by atoms with Gasteiger partial charge in [0, 0.05) is 0 Å². The van der Waals surface area contributed by atoms with Crippen LogP contribution >= 0.6 is 0 Å². The molecule has 1 aromatic carbocycles. The van der Waals surface area contributed by atoms with E-state index in [0.717, 1.165) is 6.42 Å². The second kappa shape index (κ2) is 8.19.